The van der Waals surface area contributed by atoms with Crippen LogP contribution < -0.4 is 14.8 Å². The van der Waals surface area contributed by atoms with E-state index in [2.05, 4.69) is 26.1 Å². The first-order valence-electron chi connectivity index (χ1n) is 7.42. The van der Waals surface area contributed by atoms with Gasteiger partial charge < -0.3 is 14.8 Å². The van der Waals surface area contributed by atoms with Crippen LogP contribution in [0.15, 0.2) is 28.2 Å². The van der Waals surface area contributed by atoms with Crippen molar-refractivity contribution in [3.63, 3.8) is 0 Å². The second kappa shape index (κ2) is 6.09. The standard InChI is InChI=1S/C15H16N4O2S2/c1-8-16-15(23-19-8)18-13(20)11-7-22-14(17-11)10-2-3-12-9(6-10)4-5-21-12/h2-3,6,11,15H,4-5,7H2,1H3,(H,16,19)(H,18,20). The number of hydrogen-bond acceptors (Lipinski definition) is 7. The molecule has 2 unspecified atom stereocenters. The van der Waals surface area contributed by atoms with Crippen LogP contribution in [0.3, 0.4) is 0 Å². The van der Waals surface area contributed by atoms with Gasteiger partial charge in [-0.25, -0.2) is 4.99 Å². The highest BCUT2D eigenvalue weighted by Crippen LogP contribution is 2.30. The summed E-state index contributed by atoms with van der Waals surface area (Å²) in [5, 5.41) is 3.83. The van der Waals surface area contributed by atoms with Gasteiger partial charge in [-0.3, -0.25) is 9.79 Å². The fraction of sp³-hybridized carbons (Fsp3) is 0.400. The molecule has 1 aromatic carbocycles. The molecule has 0 saturated carbocycles. The monoisotopic (exact) mass is 348 g/mol. The molecular weight excluding hydrogens is 332 g/mol. The predicted molar refractivity (Wildman–Crippen MR) is 94.2 cm³/mol. The molecule has 0 spiro atoms. The summed E-state index contributed by atoms with van der Waals surface area (Å²) in [6.45, 7) is 2.62. The van der Waals surface area contributed by atoms with Gasteiger partial charge in [0.2, 0.25) is 5.91 Å². The van der Waals surface area contributed by atoms with Gasteiger partial charge in [-0.1, -0.05) is 0 Å². The number of ether oxygens (including phenoxy) is 1. The summed E-state index contributed by atoms with van der Waals surface area (Å²) in [6.07, 6.45) is 0.939. The zero-order valence-corrected chi connectivity index (χ0v) is 14.2. The summed E-state index contributed by atoms with van der Waals surface area (Å²) in [4.78, 5) is 21.2. The van der Waals surface area contributed by atoms with E-state index in [9.17, 15) is 4.79 Å². The quantitative estimate of drug-likeness (QED) is 0.811. The lowest BCUT2D eigenvalue weighted by Crippen LogP contribution is -2.38. The zero-order valence-electron chi connectivity index (χ0n) is 12.5. The van der Waals surface area contributed by atoms with E-state index >= 15 is 0 Å². The minimum absolute atomic E-state index is 0.0743. The molecule has 0 aliphatic carbocycles. The Labute approximate surface area is 142 Å². The van der Waals surface area contributed by atoms with Crippen LogP contribution in [0.1, 0.15) is 18.1 Å². The summed E-state index contributed by atoms with van der Waals surface area (Å²) < 4.78 is 8.55. The van der Waals surface area contributed by atoms with Gasteiger partial charge in [0.25, 0.3) is 0 Å². The maximum Gasteiger partial charge on any atom is 0.248 e. The number of hydrogen-bond donors (Lipinski definition) is 2. The molecule has 3 heterocycles. The van der Waals surface area contributed by atoms with Crippen molar-refractivity contribution in [2.45, 2.75) is 24.9 Å². The molecule has 0 saturated heterocycles. The Morgan fingerprint density at radius 1 is 1.43 bits per heavy atom. The fourth-order valence-electron chi connectivity index (χ4n) is 2.64. The summed E-state index contributed by atoms with van der Waals surface area (Å²) in [5.74, 6) is 2.38. The highest BCUT2D eigenvalue weighted by Gasteiger charge is 2.29. The second-order valence-electron chi connectivity index (χ2n) is 5.48. The zero-order chi connectivity index (χ0) is 15.8. The maximum atomic E-state index is 12.3. The maximum absolute atomic E-state index is 12.3. The van der Waals surface area contributed by atoms with Crippen molar-refractivity contribution >= 4 is 40.5 Å². The van der Waals surface area contributed by atoms with Crippen LogP contribution in [-0.4, -0.2) is 40.7 Å². The lowest BCUT2D eigenvalue weighted by molar-refractivity contribution is -0.121. The van der Waals surface area contributed by atoms with Crippen molar-refractivity contribution in [1.29, 1.82) is 0 Å². The number of aliphatic imine (C=N–C) groups is 2. The Hall–Kier alpha value is -1.67. The van der Waals surface area contributed by atoms with Gasteiger partial charge in [-0.05, 0) is 42.6 Å². The molecule has 120 valence electrons. The van der Waals surface area contributed by atoms with Crippen molar-refractivity contribution in [3.8, 4) is 5.75 Å². The van der Waals surface area contributed by atoms with Crippen LogP contribution in [0.5, 0.6) is 5.75 Å². The van der Waals surface area contributed by atoms with Crippen LogP contribution in [0.2, 0.25) is 0 Å². The molecule has 2 N–H and O–H groups in total. The molecule has 3 aliphatic rings. The van der Waals surface area contributed by atoms with E-state index in [0.29, 0.717) is 5.75 Å². The normalized spacial score (nSPS) is 25.3. The molecule has 0 aromatic heterocycles. The van der Waals surface area contributed by atoms with E-state index < -0.39 is 0 Å². The van der Waals surface area contributed by atoms with E-state index in [1.165, 1.54) is 17.5 Å². The highest BCUT2D eigenvalue weighted by molar-refractivity contribution is 8.14. The van der Waals surface area contributed by atoms with E-state index in [1.54, 1.807) is 11.8 Å². The minimum Gasteiger partial charge on any atom is -0.493 e. The number of carbonyl (C=O) groups is 1. The second-order valence-corrected chi connectivity index (χ2v) is 7.37. The van der Waals surface area contributed by atoms with Gasteiger partial charge in [-0.2, -0.15) is 0 Å². The third-order valence-electron chi connectivity index (χ3n) is 3.78. The van der Waals surface area contributed by atoms with Gasteiger partial charge in [-0.15, -0.1) is 11.8 Å². The number of amides is 1. The Balaban J connectivity index is 1.45. The fourth-order valence-corrected chi connectivity index (χ4v) is 4.39. The number of rotatable bonds is 3. The minimum atomic E-state index is -0.351. The smallest absolute Gasteiger partial charge is 0.248 e. The number of amidine groups is 1. The Bertz CT molecular complexity index is 719. The first-order valence-corrected chi connectivity index (χ1v) is 9.29. The Kier molecular flexibility index (Phi) is 3.94. The number of carbonyl (C=O) groups excluding carboxylic acids is 1. The largest absolute Gasteiger partial charge is 0.493 e. The molecule has 2 atom stereocenters. The number of nitrogens with one attached hydrogen (secondary N) is 2. The summed E-state index contributed by atoms with van der Waals surface area (Å²) in [5.41, 5.74) is 2.03. The molecule has 1 amide bonds. The van der Waals surface area contributed by atoms with E-state index in [4.69, 9.17) is 4.74 Å². The molecule has 1 aromatic rings. The van der Waals surface area contributed by atoms with E-state index in [1.807, 2.05) is 19.1 Å². The van der Waals surface area contributed by atoms with Crippen molar-refractivity contribution in [2.24, 2.45) is 9.98 Å². The van der Waals surface area contributed by atoms with E-state index in [-0.39, 0.29) is 17.4 Å². The number of benzene rings is 1. The molecule has 6 nitrogen and oxygen atoms in total. The van der Waals surface area contributed by atoms with Crippen LogP contribution in [0.25, 0.3) is 0 Å². The van der Waals surface area contributed by atoms with Gasteiger partial charge in [0.15, 0.2) is 5.50 Å². The average Bonchev–Trinajstić information content (AvgIpc) is 3.26. The Morgan fingerprint density at radius 2 is 2.35 bits per heavy atom. The van der Waals surface area contributed by atoms with Crippen LogP contribution in [0, 0.1) is 0 Å². The Morgan fingerprint density at radius 3 is 3.17 bits per heavy atom. The predicted octanol–water partition coefficient (Wildman–Crippen LogP) is 1.55. The van der Waals surface area contributed by atoms with Gasteiger partial charge in [0.1, 0.15) is 17.6 Å². The first-order chi connectivity index (χ1) is 11.2. The van der Waals surface area contributed by atoms with Crippen LogP contribution >= 0.6 is 23.7 Å². The molecule has 0 radical (unpaired) electrons. The topological polar surface area (TPSA) is 75.1 Å². The average molecular weight is 348 g/mol. The third kappa shape index (κ3) is 3.05. The van der Waals surface area contributed by atoms with Crippen molar-refractivity contribution < 1.29 is 9.53 Å². The van der Waals surface area contributed by atoms with Gasteiger partial charge in [0.05, 0.1) is 11.7 Å². The van der Waals surface area contributed by atoms with Crippen LogP contribution in [0.4, 0.5) is 0 Å². The lowest BCUT2D eigenvalue weighted by atomic mass is 10.1. The molecule has 0 bridgehead atoms. The van der Waals surface area contributed by atoms with Gasteiger partial charge >= 0.3 is 0 Å². The number of fused-ring (bicyclic) bond motifs is 1. The molecule has 23 heavy (non-hydrogen) atoms. The number of thioether (sulfide) groups is 1. The lowest BCUT2D eigenvalue weighted by Gasteiger charge is -2.10. The highest BCUT2D eigenvalue weighted by atomic mass is 32.2. The summed E-state index contributed by atoms with van der Waals surface area (Å²) >= 11 is 3.02. The molecule has 8 heteroatoms. The van der Waals surface area contributed by atoms with Crippen molar-refractivity contribution in [2.75, 3.05) is 12.4 Å². The summed E-state index contributed by atoms with van der Waals surface area (Å²) in [6, 6.07) is 5.78. The van der Waals surface area contributed by atoms with E-state index in [0.717, 1.165) is 35.2 Å². The van der Waals surface area contributed by atoms with Crippen molar-refractivity contribution in [3.05, 3.63) is 29.3 Å². The third-order valence-corrected chi connectivity index (χ3v) is 5.74. The van der Waals surface area contributed by atoms with Crippen molar-refractivity contribution in [1.82, 2.24) is 10.0 Å². The van der Waals surface area contributed by atoms with Crippen LogP contribution in [-0.2, 0) is 11.2 Å². The summed E-state index contributed by atoms with van der Waals surface area (Å²) in [7, 11) is 0. The molecule has 3 aliphatic heterocycles. The molecule has 4 rings (SSSR count). The SMILES string of the molecule is CC1=NC(NC(=O)C2CSC(c3ccc4c(c3)CCO4)=N2)SN1. The molecular formula is C15H16N4O2S2. The number of nitrogens with zero attached hydrogens (tertiary/aromatic N) is 2. The van der Waals surface area contributed by atoms with Gasteiger partial charge in [0, 0.05) is 17.7 Å². The first kappa shape index (κ1) is 14.9. The molecule has 0 fully saturated rings.